The summed E-state index contributed by atoms with van der Waals surface area (Å²) in [5, 5.41) is 3.57. The summed E-state index contributed by atoms with van der Waals surface area (Å²) in [5.41, 5.74) is 0. The largest absolute Gasteiger partial charge is 0.316 e. The Morgan fingerprint density at radius 1 is 1.12 bits per heavy atom. The lowest BCUT2D eigenvalue weighted by molar-refractivity contribution is 0.180. The molecule has 100 valence electrons. The summed E-state index contributed by atoms with van der Waals surface area (Å²) in [4.78, 5) is 2.80. The van der Waals surface area contributed by atoms with Gasteiger partial charge in [0.2, 0.25) is 0 Å². The fraction of sp³-hybridized carbons (Fsp3) is 1.00. The van der Waals surface area contributed by atoms with Gasteiger partial charge in [-0.1, -0.05) is 13.8 Å². The van der Waals surface area contributed by atoms with Gasteiger partial charge in [0.15, 0.2) is 0 Å². The molecule has 1 unspecified atom stereocenters. The van der Waals surface area contributed by atoms with Gasteiger partial charge < -0.3 is 5.32 Å². The molecule has 2 rings (SSSR count). The molecule has 2 aliphatic rings. The molecule has 0 bridgehead atoms. The highest BCUT2D eigenvalue weighted by molar-refractivity contribution is 4.91. The number of nitrogens with one attached hydrogen (secondary N) is 1. The molecule has 0 aromatic heterocycles. The third-order valence-electron chi connectivity index (χ3n) is 4.04. The van der Waals surface area contributed by atoms with Crippen LogP contribution in [0.4, 0.5) is 0 Å². The van der Waals surface area contributed by atoms with E-state index in [1.807, 2.05) is 0 Å². The summed E-state index contributed by atoms with van der Waals surface area (Å²) in [6.07, 6.45) is 7.20. The molecule has 1 atom stereocenters. The van der Waals surface area contributed by atoms with Crippen LogP contribution >= 0.6 is 0 Å². The Labute approximate surface area is 107 Å². The van der Waals surface area contributed by atoms with E-state index in [-0.39, 0.29) is 0 Å². The Morgan fingerprint density at radius 2 is 1.82 bits per heavy atom. The standard InChI is InChI=1S/C15H30N2/c1-12(2)10-16-9-8-13(3)17(15-6-7-15)11-14-4-5-14/h12-16H,4-11H2,1-3H3. The zero-order chi connectivity index (χ0) is 12.3. The van der Waals surface area contributed by atoms with E-state index in [4.69, 9.17) is 0 Å². The highest BCUT2D eigenvalue weighted by atomic mass is 15.2. The predicted molar refractivity (Wildman–Crippen MR) is 74.2 cm³/mol. The van der Waals surface area contributed by atoms with E-state index >= 15 is 0 Å². The number of hydrogen-bond acceptors (Lipinski definition) is 2. The van der Waals surface area contributed by atoms with E-state index in [0.29, 0.717) is 0 Å². The van der Waals surface area contributed by atoms with E-state index in [1.165, 1.54) is 51.7 Å². The Kier molecular flexibility index (Phi) is 4.87. The van der Waals surface area contributed by atoms with Crippen LogP contribution in [0.25, 0.3) is 0 Å². The van der Waals surface area contributed by atoms with Crippen molar-refractivity contribution in [1.82, 2.24) is 10.2 Å². The van der Waals surface area contributed by atoms with E-state index in [2.05, 4.69) is 31.0 Å². The lowest BCUT2D eigenvalue weighted by Gasteiger charge is -2.29. The third-order valence-corrected chi connectivity index (χ3v) is 4.04. The van der Waals surface area contributed by atoms with Gasteiger partial charge >= 0.3 is 0 Å². The molecule has 0 saturated heterocycles. The summed E-state index contributed by atoms with van der Waals surface area (Å²) in [5.74, 6) is 1.82. The molecule has 0 heterocycles. The topological polar surface area (TPSA) is 15.3 Å². The van der Waals surface area contributed by atoms with Gasteiger partial charge in [-0.05, 0) is 64.0 Å². The van der Waals surface area contributed by atoms with Crippen molar-refractivity contribution in [3.05, 3.63) is 0 Å². The quantitative estimate of drug-likeness (QED) is 0.621. The van der Waals surface area contributed by atoms with Crippen molar-refractivity contribution in [3.63, 3.8) is 0 Å². The van der Waals surface area contributed by atoms with Gasteiger partial charge in [0.25, 0.3) is 0 Å². The van der Waals surface area contributed by atoms with Crippen molar-refractivity contribution >= 4 is 0 Å². The van der Waals surface area contributed by atoms with Crippen LogP contribution in [0.15, 0.2) is 0 Å². The highest BCUT2D eigenvalue weighted by Gasteiger charge is 2.35. The average molecular weight is 238 g/mol. The molecule has 2 heteroatoms. The molecule has 2 saturated carbocycles. The van der Waals surface area contributed by atoms with Crippen molar-refractivity contribution in [1.29, 1.82) is 0 Å². The summed E-state index contributed by atoms with van der Waals surface area (Å²) in [6, 6.07) is 1.72. The number of nitrogens with zero attached hydrogens (tertiary/aromatic N) is 1. The van der Waals surface area contributed by atoms with Crippen molar-refractivity contribution in [3.8, 4) is 0 Å². The summed E-state index contributed by atoms with van der Waals surface area (Å²) in [7, 11) is 0. The zero-order valence-electron chi connectivity index (χ0n) is 11.9. The molecule has 2 aliphatic carbocycles. The summed E-state index contributed by atoms with van der Waals surface area (Å²) < 4.78 is 0. The molecule has 0 radical (unpaired) electrons. The second-order valence-corrected chi connectivity index (χ2v) is 6.61. The van der Waals surface area contributed by atoms with E-state index in [9.17, 15) is 0 Å². The van der Waals surface area contributed by atoms with Crippen LogP contribution in [-0.4, -0.2) is 36.6 Å². The van der Waals surface area contributed by atoms with Crippen LogP contribution in [0.5, 0.6) is 0 Å². The molecule has 1 N–H and O–H groups in total. The van der Waals surface area contributed by atoms with E-state index in [0.717, 1.165) is 23.9 Å². The second-order valence-electron chi connectivity index (χ2n) is 6.61. The first-order valence-corrected chi connectivity index (χ1v) is 7.63. The number of hydrogen-bond donors (Lipinski definition) is 1. The third kappa shape index (κ3) is 4.97. The molecule has 0 aromatic rings. The Balaban J connectivity index is 1.62. The van der Waals surface area contributed by atoms with Crippen molar-refractivity contribution in [2.75, 3.05) is 19.6 Å². The molecule has 0 aromatic carbocycles. The molecule has 2 nitrogen and oxygen atoms in total. The van der Waals surface area contributed by atoms with Gasteiger partial charge in [0, 0.05) is 18.6 Å². The molecule has 0 spiro atoms. The molecule has 2 fully saturated rings. The van der Waals surface area contributed by atoms with Crippen molar-refractivity contribution in [2.24, 2.45) is 11.8 Å². The monoisotopic (exact) mass is 238 g/mol. The average Bonchev–Trinajstić information content (AvgIpc) is 3.14. The highest BCUT2D eigenvalue weighted by Crippen LogP contribution is 2.36. The Morgan fingerprint density at radius 3 is 2.35 bits per heavy atom. The zero-order valence-corrected chi connectivity index (χ0v) is 11.9. The van der Waals surface area contributed by atoms with Gasteiger partial charge in [-0.3, -0.25) is 4.90 Å². The normalized spacial score (nSPS) is 22.4. The van der Waals surface area contributed by atoms with E-state index in [1.54, 1.807) is 0 Å². The van der Waals surface area contributed by atoms with Crippen LogP contribution in [0.2, 0.25) is 0 Å². The smallest absolute Gasteiger partial charge is 0.00993 e. The molecule has 17 heavy (non-hydrogen) atoms. The van der Waals surface area contributed by atoms with Crippen LogP contribution in [0.3, 0.4) is 0 Å². The SMILES string of the molecule is CC(C)CNCCC(C)N(CC1CC1)C1CC1. The summed E-state index contributed by atoms with van der Waals surface area (Å²) in [6.45, 7) is 10.7. The summed E-state index contributed by atoms with van der Waals surface area (Å²) >= 11 is 0. The minimum Gasteiger partial charge on any atom is -0.316 e. The first kappa shape index (κ1) is 13.4. The fourth-order valence-electron chi connectivity index (χ4n) is 2.56. The molecular weight excluding hydrogens is 208 g/mol. The van der Waals surface area contributed by atoms with Crippen molar-refractivity contribution < 1.29 is 0 Å². The number of rotatable bonds is 9. The Hall–Kier alpha value is -0.0800. The first-order chi connectivity index (χ1) is 8.16. The van der Waals surface area contributed by atoms with Crippen LogP contribution < -0.4 is 5.32 Å². The van der Waals surface area contributed by atoms with Gasteiger partial charge in [-0.15, -0.1) is 0 Å². The van der Waals surface area contributed by atoms with E-state index < -0.39 is 0 Å². The Bertz CT molecular complexity index is 219. The maximum atomic E-state index is 3.57. The minimum atomic E-state index is 0.774. The molecule has 0 amide bonds. The maximum absolute atomic E-state index is 3.57. The second kappa shape index (κ2) is 6.19. The lowest BCUT2D eigenvalue weighted by Crippen LogP contribution is -2.38. The van der Waals surface area contributed by atoms with Crippen LogP contribution in [0.1, 0.15) is 52.9 Å². The molecular formula is C15H30N2. The van der Waals surface area contributed by atoms with Gasteiger partial charge in [0.1, 0.15) is 0 Å². The van der Waals surface area contributed by atoms with Crippen LogP contribution in [-0.2, 0) is 0 Å². The van der Waals surface area contributed by atoms with Gasteiger partial charge in [-0.25, -0.2) is 0 Å². The van der Waals surface area contributed by atoms with Crippen LogP contribution in [0, 0.1) is 11.8 Å². The lowest BCUT2D eigenvalue weighted by atomic mass is 10.1. The van der Waals surface area contributed by atoms with Gasteiger partial charge in [-0.2, -0.15) is 0 Å². The maximum Gasteiger partial charge on any atom is 0.00993 e. The molecule has 0 aliphatic heterocycles. The first-order valence-electron chi connectivity index (χ1n) is 7.63. The van der Waals surface area contributed by atoms with Gasteiger partial charge in [0.05, 0.1) is 0 Å². The fourth-order valence-corrected chi connectivity index (χ4v) is 2.56. The minimum absolute atomic E-state index is 0.774. The van der Waals surface area contributed by atoms with Crippen molar-refractivity contribution in [2.45, 2.75) is 65.0 Å². The predicted octanol–water partition coefficient (Wildman–Crippen LogP) is 2.89.